The lowest BCUT2D eigenvalue weighted by Gasteiger charge is -2.26. The highest BCUT2D eigenvalue weighted by Gasteiger charge is 2.09. The molecule has 1 heterocycles. The molecule has 0 N–H and O–H groups in total. The number of hydrogen-bond acceptors (Lipinski definition) is 1. The molecule has 0 bridgehead atoms. The lowest BCUT2D eigenvalue weighted by Crippen LogP contribution is -2.31. The first kappa shape index (κ1) is 12.4. The summed E-state index contributed by atoms with van der Waals surface area (Å²) in [6.07, 6.45) is 5.35. The van der Waals surface area contributed by atoms with E-state index >= 15 is 0 Å². The van der Waals surface area contributed by atoms with Crippen molar-refractivity contribution in [1.82, 2.24) is 4.90 Å². The third kappa shape index (κ3) is 3.71. The van der Waals surface area contributed by atoms with Crippen LogP contribution in [-0.4, -0.2) is 24.5 Å². The predicted octanol–water partition coefficient (Wildman–Crippen LogP) is 3.75. The SMILES string of the molecule is C=C(C)c1cccc(CCN2CCCCC2)c1. The Bertz CT molecular complexity index is 375. The summed E-state index contributed by atoms with van der Waals surface area (Å²) in [5.41, 5.74) is 3.88. The van der Waals surface area contributed by atoms with Gasteiger partial charge in [0.25, 0.3) is 0 Å². The van der Waals surface area contributed by atoms with Crippen LogP contribution in [0, 0.1) is 0 Å². The molecule has 1 aromatic carbocycles. The monoisotopic (exact) mass is 229 g/mol. The van der Waals surface area contributed by atoms with Crippen molar-refractivity contribution in [3.8, 4) is 0 Å². The van der Waals surface area contributed by atoms with Crippen molar-refractivity contribution < 1.29 is 0 Å². The van der Waals surface area contributed by atoms with Crippen LogP contribution in [0.4, 0.5) is 0 Å². The highest BCUT2D eigenvalue weighted by atomic mass is 15.1. The van der Waals surface area contributed by atoms with E-state index in [0.717, 1.165) is 5.57 Å². The predicted molar refractivity (Wildman–Crippen MR) is 75.1 cm³/mol. The van der Waals surface area contributed by atoms with Gasteiger partial charge >= 0.3 is 0 Å². The molecule has 1 aliphatic heterocycles. The molecular weight excluding hydrogens is 206 g/mol. The van der Waals surface area contributed by atoms with Gasteiger partial charge in [0.2, 0.25) is 0 Å². The molecule has 0 radical (unpaired) electrons. The molecule has 1 aliphatic rings. The van der Waals surface area contributed by atoms with Crippen LogP contribution >= 0.6 is 0 Å². The van der Waals surface area contributed by atoms with Gasteiger partial charge in [0.1, 0.15) is 0 Å². The second-order valence-corrected chi connectivity index (χ2v) is 5.13. The van der Waals surface area contributed by atoms with Crippen LogP contribution in [0.2, 0.25) is 0 Å². The Morgan fingerprint density at radius 3 is 2.71 bits per heavy atom. The highest BCUT2D eigenvalue weighted by Crippen LogP contribution is 2.15. The minimum Gasteiger partial charge on any atom is -0.303 e. The van der Waals surface area contributed by atoms with E-state index in [-0.39, 0.29) is 0 Å². The Balaban J connectivity index is 1.89. The Morgan fingerprint density at radius 1 is 1.24 bits per heavy atom. The molecule has 0 unspecified atom stereocenters. The first-order chi connectivity index (χ1) is 8.25. The molecule has 0 saturated carbocycles. The second-order valence-electron chi connectivity index (χ2n) is 5.13. The summed E-state index contributed by atoms with van der Waals surface area (Å²) in [7, 11) is 0. The van der Waals surface area contributed by atoms with Crippen molar-refractivity contribution in [2.45, 2.75) is 32.6 Å². The number of allylic oxidation sites excluding steroid dienone is 1. The van der Waals surface area contributed by atoms with Crippen molar-refractivity contribution in [2.24, 2.45) is 0 Å². The molecular formula is C16H23N. The Labute approximate surface area is 105 Å². The highest BCUT2D eigenvalue weighted by molar-refractivity contribution is 5.61. The third-order valence-corrected chi connectivity index (χ3v) is 3.59. The molecule has 1 aromatic rings. The standard InChI is InChI=1S/C16H23N/c1-14(2)16-8-6-7-15(13-16)9-12-17-10-4-3-5-11-17/h6-8,13H,1,3-5,9-12H2,2H3. The third-order valence-electron chi connectivity index (χ3n) is 3.59. The van der Waals surface area contributed by atoms with Crippen LogP contribution in [0.5, 0.6) is 0 Å². The smallest absolute Gasteiger partial charge is 0.00218 e. The molecule has 1 fully saturated rings. The molecule has 0 spiro atoms. The molecule has 0 aliphatic carbocycles. The maximum Gasteiger partial charge on any atom is 0.00218 e. The number of hydrogen-bond donors (Lipinski definition) is 0. The minimum absolute atomic E-state index is 1.16. The number of piperidine rings is 1. The molecule has 2 rings (SSSR count). The molecule has 92 valence electrons. The van der Waals surface area contributed by atoms with Crippen LogP contribution in [0.3, 0.4) is 0 Å². The molecule has 1 heteroatoms. The van der Waals surface area contributed by atoms with E-state index in [2.05, 4.69) is 42.7 Å². The minimum atomic E-state index is 1.16. The Morgan fingerprint density at radius 2 is 2.00 bits per heavy atom. The molecule has 0 amide bonds. The van der Waals surface area contributed by atoms with Crippen LogP contribution in [0.1, 0.15) is 37.3 Å². The van der Waals surface area contributed by atoms with Crippen molar-refractivity contribution >= 4 is 5.57 Å². The largest absolute Gasteiger partial charge is 0.303 e. The van der Waals surface area contributed by atoms with Gasteiger partial charge in [-0.15, -0.1) is 0 Å². The lowest BCUT2D eigenvalue weighted by atomic mass is 10.0. The number of rotatable bonds is 4. The molecule has 17 heavy (non-hydrogen) atoms. The first-order valence-electron chi connectivity index (χ1n) is 6.73. The van der Waals surface area contributed by atoms with Gasteiger partial charge in [-0.1, -0.05) is 42.8 Å². The van der Waals surface area contributed by atoms with Crippen LogP contribution in [0.15, 0.2) is 30.8 Å². The number of benzene rings is 1. The van der Waals surface area contributed by atoms with E-state index in [4.69, 9.17) is 0 Å². The van der Waals surface area contributed by atoms with Gasteiger partial charge in [0.05, 0.1) is 0 Å². The second kappa shape index (κ2) is 6.02. The maximum atomic E-state index is 4.01. The van der Waals surface area contributed by atoms with E-state index < -0.39 is 0 Å². The van der Waals surface area contributed by atoms with E-state index in [1.165, 1.54) is 56.4 Å². The van der Waals surface area contributed by atoms with Gasteiger partial charge in [0, 0.05) is 6.54 Å². The fraction of sp³-hybridized carbons (Fsp3) is 0.500. The molecule has 1 nitrogen and oxygen atoms in total. The van der Waals surface area contributed by atoms with Crippen molar-refractivity contribution in [2.75, 3.05) is 19.6 Å². The lowest BCUT2D eigenvalue weighted by molar-refractivity contribution is 0.231. The Hall–Kier alpha value is -1.08. The zero-order valence-corrected chi connectivity index (χ0v) is 10.9. The average Bonchev–Trinajstić information content (AvgIpc) is 2.38. The summed E-state index contributed by atoms with van der Waals surface area (Å²) in [6, 6.07) is 8.81. The summed E-state index contributed by atoms with van der Waals surface area (Å²) >= 11 is 0. The summed E-state index contributed by atoms with van der Waals surface area (Å²) < 4.78 is 0. The molecule has 0 atom stereocenters. The average molecular weight is 229 g/mol. The fourth-order valence-electron chi connectivity index (χ4n) is 2.46. The Kier molecular flexibility index (Phi) is 4.38. The van der Waals surface area contributed by atoms with E-state index in [1.54, 1.807) is 0 Å². The van der Waals surface area contributed by atoms with Crippen molar-refractivity contribution in [3.05, 3.63) is 42.0 Å². The van der Waals surface area contributed by atoms with Gasteiger partial charge in [-0.2, -0.15) is 0 Å². The quantitative estimate of drug-likeness (QED) is 0.760. The maximum absolute atomic E-state index is 4.01. The van der Waals surface area contributed by atoms with Gasteiger partial charge < -0.3 is 4.90 Å². The van der Waals surface area contributed by atoms with Crippen molar-refractivity contribution in [3.63, 3.8) is 0 Å². The number of nitrogens with zero attached hydrogens (tertiary/aromatic N) is 1. The van der Waals surface area contributed by atoms with Gasteiger partial charge in [-0.05, 0) is 50.4 Å². The first-order valence-corrected chi connectivity index (χ1v) is 6.73. The molecule has 0 aromatic heterocycles. The fourth-order valence-corrected chi connectivity index (χ4v) is 2.46. The summed E-state index contributed by atoms with van der Waals surface area (Å²) in [6.45, 7) is 9.87. The van der Waals surface area contributed by atoms with E-state index in [9.17, 15) is 0 Å². The number of likely N-dealkylation sites (tertiary alicyclic amines) is 1. The molecule has 1 saturated heterocycles. The topological polar surface area (TPSA) is 3.24 Å². The zero-order valence-electron chi connectivity index (χ0n) is 10.9. The van der Waals surface area contributed by atoms with E-state index in [0.29, 0.717) is 0 Å². The van der Waals surface area contributed by atoms with Gasteiger partial charge in [0.15, 0.2) is 0 Å². The zero-order chi connectivity index (χ0) is 12.1. The van der Waals surface area contributed by atoms with Crippen LogP contribution in [0.25, 0.3) is 5.57 Å². The van der Waals surface area contributed by atoms with Gasteiger partial charge in [-0.3, -0.25) is 0 Å². The van der Waals surface area contributed by atoms with Crippen molar-refractivity contribution in [1.29, 1.82) is 0 Å². The normalized spacial score (nSPS) is 17.0. The van der Waals surface area contributed by atoms with Gasteiger partial charge in [-0.25, -0.2) is 0 Å². The van der Waals surface area contributed by atoms with Crippen LogP contribution < -0.4 is 0 Å². The van der Waals surface area contributed by atoms with Crippen LogP contribution in [-0.2, 0) is 6.42 Å². The summed E-state index contributed by atoms with van der Waals surface area (Å²) in [5.74, 6) is 0. The summed E-state index contributed by atoms with van der Waals surface area (Å²) in [5, 5.41) is 0. The van der Waals surface area contributed by atoms with E-state index in [1.807, 2.05) is 0 Å². The summed E-state index contributed by atoms with van der Waals surface area (Å²) in [4.78, 5) is 2.59.